The molecule has 0 saturated heterocycles. The van der Waals surface area contributed by atoms with Crippen LogP contribution >= 0.6 is 0 Å². The van der Waals surface area contributed by atoms with Crippen molar-refractivity contribution in [2.75, 3.05) is 13.1 Å². The van der Waals surface area contributed by atoms with Crippen LogP contribution in [-0.4, -0.2) is 19.1 Å². The van der Waals surface area contributed by atoms with Gasteiger partial charge in [-0.3, -0.25) is 0 Å². The molecule has 0 saturated carbocycles. The molecule has 3 nitrogen and oxygen atoms in total. The summed E-state index contributed by atoms with van der Waals surface area (Å²) in [6.07, 6.45) is 18.1. The van der Waals surface area contributed by atoms with Gasteiger partial charge in [-0.15, -0.1) is 0 Å². The summed E-state index contributed by atoms with van der Waals surface area (Å²) in [7, 11) is 0. The summed E-state index contributed by atoms with van der Waals surface area (Å²) in [4.78, 5) is 11.5. The maximum absolute atomic E-state index is 11.5. The van der Waals surface area contributed by atoms with Crippen LogP contribution in [0.4, 0.5) is 4.79 Å². The Kier molecular flexibility index (Phi) is 17.7. The minimum atomic E-state index is 0.00931. The number of carbonyl (C=O) groups excluding carboxylic acids is 1. The number of rotatable bonds is 16. The third kappa shape index (κ3) is 17.3. The normalized spacial score (nSPS) is 10.6. The SMILES string of the molecule is CCCCCCCCCCCNC(=O)NCCCCCCC. The van der Waals surface area contributed by atoms with Gasteiger partial charge in [-0.1, -0.05) is 90.9 Å². The van der Waals surface area contributed by atoms with Crippen molar-refractivity contribution in [1.82, 2.24) is 10.6 Å². The standard InChI is InChI=1S/C19H40N2O/c1-3-5-7-9-10-11-12-14-16-18-21-19(22)20-17-15-13-8-6-4-2/h3-18H2,1-2H3,(H2,20,21,22). The van der Waals surface area contributed by atoms with E-state index in [1.807, 2.05) is 0 Å². The fourth-order valence-electron chi connectivity index (χ4n) is 2.63. The molecule has 0 aromatic heterocycles. The van der Waals surface area contributed by atoms with Crippen LogP contribution in [0, 0.1) is 0 Å². The molecule has 0 bridgehead atoms. The van der Waals surface area contributed by atoms with Crippen LogP contribution in [0.15, 0.2) is 0 Å². The first-order chi connectivity index (χ1) is 10.8. The molecule has 0 aromatic rings. The number of hydrogen-bond donors (Lipinski definition) is 2. The van der Waals surface area contributed by atoms with Gasteiger partial charge in [0.25, 0.3) is 0 Å². The first kappa shape index (κ1) is 21.3. The van der Waals surface area contributed by atoms with Crippen molar-refractivity contribution in [3.63, 3.8) is 0 Å². The Hall–Kier alpha value is -0.730. The Balaban J connectivity index is 3.12. The Bertz CT molecular complexity index is 231. The van der Waals surface area contributed by atoms with Crippen molar-refractivity contribution >= 4 is 6.03 Å². The topological polar surface area (TPSA) is 41.1 Å². The highest BCUT2D eigenvalue weighted by molar-refractivity contribution is 5.73. The zero-order valence-corrected chi connectivity index (χ0v) is 15.2. The Morgan fingerprint density at radius 1 is 0.545 bits per heavy atom. The molecule has 2 amide bonds. The van der Waals surface area contributed by atoms with Crippen LogP contribution in [-0.2, 0) is 0 Å². The molecule has 22 heavy (non-hydrogen) atoms. The lowest BCUT2D eigenvalue weighted by Gasteiger charge is -2.07. The van der Waals surface area contributed by atoms with Gasteiger partial charge in [-0.2, -0.15) is 0 Å². The quantitative estimate of drug-likeness (QED) is 0.348. The molecule has 3 heteroatoms. The second-order valence-corrected chi connectivity index (χ2v) is 6.43. The third-order valence-electron chi connectivity index (χ3n) is 4.13. The Labute approximate surface area is 139 Å². The minimum Gasteiger partial charge on any atom is -0.338 e. The lowest BCUT2D eigenvalue weighted by atomic mass is 10.1. The molecule has 0 unspecified atom stereocenters. The second kappa shape index (κ2) is 18.3. The van der Waals surface area contributed by atoms with Crippen LogP contribution < -0.4 is 10.6 Å². The van der Waals surface area contributed by atoms with Gasteiger partial charge in [0.1, 0.15) is 0 Å². The van der Waals surface area contributed by atoms with Crippen molar-refractivity contribution in [3.8, 4) is 0 Å². The van der Waals surface area contributed by atoms with E-state index < -0.39 is 0 Å². The largest absolute Gasteiger partial charge is 0.338 e. The van der Waals surface area contributed by atoms with E-state index in [0.29, 0.717) is 0 Å². The molecule has 0 radical (unpaired) electrons. The summed E-state index contributed by atoms with van der Waals surface area (Å²) >= 11 is 0. The summed E-state index contributed by atoms with van der Waals surface area (Å²) in [5, 5.41) is 5.89. The first-order valence-electron chi connectivity index (χ1n) is 9.83. The zero-order valence-electron chi connectivity index (χ0n) is 15.2. The first-order valence-corrected chi connectivity index (χ1v) is 9.83. The summed E-state index contributed by atoms with van der Waals surface area (Å²) < 4.78 is 0. The molecule has 0 aliphatic heterocycles. The molecular weight excluding hydrogens is 272 g/mol. The molecule has 0 fully saturated rings. The Morgan fingerprint density at radius 2 is 0.864 bits per heavy atom. The summed E-state index contributed by atoms with van der Waals surface area (Å²) in [6.45, 7) is 6.11. The highest BCUT2D eigenvalue weighted by Gasteiger charge is 1.98. The summed E-state index contributed by atoms with van der Waals surface area (Å²) in [6, 6.07) is 0.00931. The molecule has 2 N–H and O–H groups in total. The van der Waals surface area contributed by atoms with Crippen LogP contribution in [0.5, 0.6) is 0 Å². The monoisotopic (exact) mass is 312 g/mol. The van der Waals surface area contributed by atoms with E-state index in [1.54, 1.807) is 0 Å². The molecular formula is C19H40N2O. The van der Waals surface area contributed by atoms with Gasteiger partial charge in [-0.25, -0.2) is 4.79 Å². The fraction of sp³-hybridized carbons (Fsp3) is 0.947. The van der Waals surface area contributed by atoms with Crippen molar-refractivity contribution in [3.05, 3.63) is 0 Å². The third-order valence-corrected chi connectivity index (χ3v) is 4.13. The van der Waals surface area contributed by atoms with Crippen LogP contribution in [0.25, 0.3) is 0 Å². The van der Waals surface area contributed by atoms with E-state index in [4.69, 9.17) is 0 Å². The lowest BCUT2D eigenvalue weighted by Crippen LogP contribution is -2.36. The second-order valence-electron chi connectivity index (χ2n) is 6.43. The van der Waals surface area contributed by atoms with Crippen molar-refractivity contribution < 1.29 is 4.79 Å². The number of amides is 2. The fourth-order valence-corrected chi connectivity index (χ4v) is 2.63. The molecule has 0 heterocycles. The van der Waals surface area contributed by atoms with E-state index in [1.165, 1.54) is 77.0 Å². The molecule has 0 aromatic carbocycles. The zero-order chi connectivity index (χ0) is 16.3. The van der Waals surface area contributed by atoms with E-state index in [9.17, 15) is 4.79 Å². The average Bonchev–Trinajstić information content (AvgIpc) is 2.52. The van der Waals surface area contributed by atoms with E-state index in [2.05, 4.69) is 24.5 Å². The average molecular weight is 313 g/mol. The molecule has 0 aliphatic rings. The highest BCUT2D eigenvalue weighted by Crippen LogP contribution is 2.09. The number of unbranched alkanes of at least 4 members (excludes halogenated alkanes) is 12. The van der Waals surface area contributed by atoms with E-state index >= 15 is 0 Å². The van der Waals surface area contributed by atoms with Crippen LogP contribution in [0.2, 0.25) is 0 Å². The predicted molar refractivity (Wildman–Crippen MR) is 97.4 cm³/mol. The van der Waals surface area contributed by atoms with E-state index in [-0.39, 0.29) is 6.03 Å². The van der Waals surface area contributed by atoms with E-state index in [0.717, 1.165) is 25.9 Å². The van der Waals surface area contributed by atoms with Gasteiger partial charge in [-0.05, 0) is 12.8 Å². The number of hydrogen-bond acceptors (Lipinski definition) is 1. The lowest BCUT2D eigenvalue weighted by molar-refractivity contribution is 0.240. The van der Waals surface area contributed by atoms with Crippen molar-refractivity contribution in [2.45, 2.75) is 104 Å². The molecule has 0 aliphatic carbocycles. The smallest absolute Gasteiger partial charge is 0.314 e. The predicted octanol–water partition coefficient (Wildman–Crippen LogP) is 5.79. The van der Waals surface area contributed by atoms with Gasteiger partial charge in [0.05, 0.1) is 0 Å². The van der Waals surface area contributed by atoms with Gasteiger partial charge in [0, 0.05) is 13.1 Å². The van der Waals surface area contributed by atoms with Crippen molar-refractivity contribution in [1.29, 1.82) is 0 Å². The van der Waals surface area contributed by atoms with Gasteiger partial charge < -0.3 is 10.6 Å². The van der Waals surface area contributed by atoms with Crippen LogP contribution in [0.3, 0.4) is 0 Å². The molecule has 0 atom stereocenters. The number of urea groups is 1. The molecule has 132 valence electrons. The minimum absolute atomic E-state index is 0.00931. The van der Waals surface area contributed by atoms with Gasteiger partial charge in [0.15, 0.2) is 0 Å². The van der Waals surface area contributed by atoms with Gasteiger partial charge in [0.2, 0.25) is 0 Å². The summed E-state index contributed by atoms with van der Waals surface area (Å²) in [5.41, 5.74) is 0. The molecule has 0 rings (SSSR count). The van der Waals surface area contributed by atoms with Crippen molar-refractivity contribution in [2.24, 2.45) is 0 Å². The maximum atomic E-state index is 11.5. The summed E-state index contributed by atoms with van der Waals surface area (Å²) in [5.74, 6) is 0. The maximum Gasteiger partial charge on any atom is 0.314 e. The number of nitrogens with one attached hydrogen (secondary N) is 2. The highest BCUT2D eigenvalue weighted by atomic mass is 16.2. The van der Waals surface area contributed by atoms with Gasteiger partial charge >= 0.3 is 6.03 Å². The number of carbonyl (C=O) groups is 1. The molecule has 0 spiro atoms. The Morgan fingerprint density at radius 3 is 1.23 bits per heavy atom. The van der Waals surface area contributed by atoms with Crippen LogP contribution in [0.1, 0.15) is 104 Å².